The van der Waals surface area contributed by atoms with Gasteiger partial charge in [-0.3, -0.25) is 0 Å². The molecule has 0 aliphatic heterocycles. The van der Waals surface area contributed by atoms with E-state index in [0.29, 0.717) is 11.3 Å². The number of nitrogens with zero attached hydrogens (tertiary/aromatic N) is 1. The van der Waals surface area contributed by atoms with Crippen molar-refractivity contribution in [2.75, 3.05) is 0 Å². The minimum Gasteiger partial charge on any atom is -0.393 e. The zero-order valence-corrected chi connectivity index (χ0v) is 15.1. The summed E-state index contributed by atoms with van der Waals surface area (Å²) in [7, 11) is 0. The number of hydrazone groups is 1. The number of aliphatic hydroxyl groups is 1. The van der Waals surface area contributed by atoms with E-state index in [0.717, 1.165) is 36.5 Å². The van der Waals surface area contributed by atoms with Gasteiger partial charge < -0.3 is 10.9 Å². The van der Waals surface area contributed by atoms with E-state index >= 15 is 0 Å². The van der Waals surface area contributed by atoms with E-state index in [-0.39, 0.29) is 11.5 Å². The van der Waals surface area contributed by atoms with Gasteiger partial charge in [-0.15, -0.1) is 0 Å². The fourth-order valence-corrected chi connectivity index (χ4v) is 7.57. The van der Waals surface area contributed by atoms with Gasteiger partial charge in [-0.2, -0.15) is 5.10 Å². The molecule has 0 aromatic rings. The Hall–Kier alpha value is -0.570. The molecule has 130 valence electrons. The van der Waals surface area contributed by atoms with Gasteiger partial charge in [-0.05, 0) is 91.8 Å². The van der Waals surface area contributed by atoms with Crippen molar-refractivity contribution in [3.05, 3.63) is 0 Å². The molecule has 0 amide bonds. The van der Waals surface area contributed by atoms with Crippen LogP contribution in [0, 0.1) is 40.4 Å². The summed E-state index contributed by atoms with van der Waals surface area (Å²) in [4.78, 5) is 0. The van der Waals surface area contributed by atoms with Gasteiger partial charge in [0.2, 0.25) is 0 Å². The average Bonchev–Trinajstić information content (AvgIpc) is 2.82. The first-order valence-electron chi connectivity index (χ1n) is 9.85. The Morgan fingerprint density at radius 3 is 2.52 bits per heavy atom. The van der Waals surface area contributed by atoms with Gasteiger partial charge in [0.1, 0.15) is 0 Å². The lowest BCUT2D eigenvalue weighted by Gasteiger charge is -2.61. The Labute approximate surface area is 141 Å². The first-order chi connectivity index (χ1) is 10.9. The lowest BCUT2D eigenvalue weighted by Crippen LogP contribution is -2.55. The maximum Gasteiger partial charge on any atom is 0.0596 e. The Kier molecular flexibility index (Phi) is 3.61. The lowest BCUT2D eigenvalue weighted by molar-refractivity contribution is -0.116. The number of hydrogen-bond acceptors (Lipinski definition) is 3. The van der Waals surface area contributed by atoms with Gasteiger partial charge in [-0.25, -0.2) is 0 Å². The van der Waals surface area contributed by atoms with Crippen molar-refractivity contribution in [1.29, 1.82) is 0 Å². The summed E-state index contributed by atoms with van der Waals surface area (Å²) in [6.45, 7) is 7.28. The van der Waals surface area contributed by atoms with Gasteiger partial charge in [0.05, 0.1) is 6.10 Å². The summed E-state index contributed by atoms with van der Waals surface area (Å²) in [5.74, 6) is 9.43. The van der Waals surface area contributed by atoms with E-state index in [1.807, 2.05) is 0 Å². The van der Waals surface area contributed by atoms with E-state index in [9.17, 15) is 5.11 Å². The SMILES string of the molecule is C[C@@H]1C[C@@]2(C)[C@H](CC[C@@H]3[C@@H]2CC[C@]2(C)[C@@H](O)CC[C@@H]32)CC1=NN. The molecule has 4 fully saturated rings. The fraction of sp³-hybridized carbons (Fsp3) is 0.950. The maximum absolute atomic E-state index is 10.5. The first kappa shape index (κ1) is 15.9. The summed E-state index contributed by atoms with van der Waals surface area (Å²) in [5.41, 5.74) is 1.92. The predicted molar refractivity (Wildman–Crippen MR) is 93.9 cm³/mol. The van der Waals surface area contributed by atoms with Crippen molar-refractivity contribution in [2.24, 2.45) is 51.4 Å². The van der Waals surface area contributed by atoms with Gasteiger partial charge in [0.25, 0.3) is 0 Å². The van der Waals surface area contributed by atoms with E-state index in [1.54, 1.807) is 0 Å². The molecule has 23 heavy (non-hydrogen) atoms. The molecule has 0 aromatic heterocycles. The summed E-state index contributed by atoms with van der Waals surface area (Å²) in [6.07, 6.45) is 9.88. The van der Waals surface area contributed by atoms with Crippen LogP contribution in [-0.2, 0) is 0 Å². The first-order valence-corrected chi connectivity index (χ1v) is 9.85. The monoisotopic (exact) mass is 318 g/mol. The smallest absolute Gasteiger partial charge is 0.0596 e. The Morgan fingerprint density at radius 1 is 1.04 bits per heavy atom. The Bertz CT molecular complexity index is 518. The van der Waals surface area contributed by atoms with E-state index in [2.05, 4.69) is 25.9 Å². The highest BCUT2D eigenvalue weighted by Crippen LogP contribution is 2.66. The second-order valence-corrected chi connectivity index (χ2v) is 9.72. The van der Waals surface area contributed by atoms with E-state index in [4.69, 9.17) is 5.84 Å². The quantitative estimate of drug-likeness (QED) is 0.525. The fourth-order valence-electron chi connectivity index (χ4n) is 7.57. The van der Waals surface area contributed by atoms with Crippen LogP contribution >= 0.6 is 0 Å². The van der Waals surface area contributed by atoms with Crippen LogP contribution in [0.5, 0.6) is 0 Å². The molecule has 0 bridgehead atoms. The molecule has 3 N–H and O–H groups in total. The molecule has 4 rings (SSSR count). The molecule has 0 radical (unpaired) electrons. The molecule has 0 aromatic carbocycles. The molecule has 8 atom stereocenters. The molecule has 0 spiro atoms. The van der Waals surface area contributed by atoms with Crippen LogP contribution in [0.1, 0.15) is 72.1 Å². The largest absolute Gasteiger partial charge is 0.393 e. The minimum absolute atomic E-state index is 0.0553. The molecule has 4 aliphatic carbocycles. The molecular formula is C20H34N2O. The molecule has 0 saturated heterocycles. The zero-order chi connectivity index (χ0) is 16.4. The maximum atomic E-state index is 10.5. The van der Waals surface area contributed by atoms with Crippen molar-refractivity contribution in [1.82, 2.24) is 0 Å². The number of hydrogen-bond donors (Lipinski definition) is 2. The topological polar surface area (TPSA) is 58.6 Å². The van der Waals surface area contributed by atoms with Crippen LogP contribution in [0.25, 0.3) is 0 Å². The van der Waals surface area contributed by atoms with Gasteiger partial charge >= 0.3 is 0 Å². The number of aliphatic hydroxyl groups excluding tert-OH is 1. The summed E-state index contributed by atoms with van der Waals surface area (Å²) in [5, 5.41) is 14.7. The highest BCUT2D eigenvalue weighted by atomic mass is 16.3. The predicted octanol–water partition coefficient (Wildman–Crippen LogP) is 3.95. The second-order valence-electron chi connectivity index (χ2n) is 9.72. The van der Waals surface area contributed by atoms with Gasteiger partial charge in [0.15, 0.2) is 0 Å². The van der Waals surface area contributed by atoms with Gasteiger partial charge in [0, 0.05) is 5.71 Å². The highest BCUT2D eigenvalue weighted by Gasteiger charge is 2.60. The van der Waals surface area contributed by atoms with Crippen LogP contribution in [-0.4, -0.2) is 16.9 Å². The third-order valence-corrected chi connectivity index (χ3v) is 8.95. The van der Waals surface area contributed by atoms with Crippen molar-refractivity contribution in [3.63, 3.8) is 0 Å². The molecule has 0 heterocycles. The third-order valence-electron chi connectivity index (χ3n) is 8.95. The number of fused-ring (bicyclic) bond motifs is 5. The van der Waals surface area contributed by atoms with Crippen molar-refractivity contribution < 1.29 is 5.11 Å². The minimum atomic E-state index is -0.0553. The zero-order valence-electron chi connectivity index (χ0n) is 15.1. The molecular weight excluding hydrogens is 284 g/mol. The molecule has 4 saturated carbocycles. The summed E-state index contributed by atoms with van der Waals surface area (Å²) >= 11 is 0. The van der Waals surface area contributed by atoms with Gasteiger partial charge in [-0.1, -0.05) is 20.8 Å². The molecule has 3 nitrogen and oxygen atoms in total. The van der Waals surface area contributed by atoms with Crippen molar-refractivity contribution >= 4 is 5.71 Å². The van der Waals surface area contributed by atoms with E-state index < -0.39 is 0 Å². The normalized spacial score (nSPS) is 57.7. The van der Waals surface area contributed by atoms with Crippen LogP contribution in [0.15, 0.2) is 5.10 Å². The van der Waals surface area contributed by atoms with Crippen LogP contribution in [0.4, 0.5) is 0 Å². The van der Waals surface area contributed by atoms with E-state index in [1.165, 1.54) is 44.2 Å². The second kappa shape index (κ2) is 5.21. The summed E-state index contributed by atoms with van der Waals surface area (Å²) in [6, 6.07) is 0. The highest BCUT2D eigenvalue weighted by molar-refractivity contribution is 5.87. The average molecular weight is 319 g/mol. The van der Waals surface area contributed by atoms with Crippen molar-refractivity contribution in [3.8, 4) is 0 Å². The number of rotatable bonds is 0. The Balaban J connectivity index is 1.63. The van der Waals surface area contributed by atoms with Crippen LogP contribution in [0.3, 0.4) is 0 Å². The Morgan fingerprint density at radius 2 is 1.78 bits per heavy atom. The van der Waals surface area contributed by atoms with Crippen LogP contribution < -0.4 is 5.84 Å². The number of nitrogens with two attached hydrogens (primary N) is 1. The molecule has 0 unspecified atom stereocenters. The summed E-state index contributed by atoms with van der Waals surface area (Å²) < 4.78 is 0. The van der Waals surface area contributed by atoms with Crippen LogP contribution in [0.2, 0.25) is 0 Å². The van der Waals surface area contributed by atoms with Crippen molar-refractivity contribution in [2.45, 2.75) is 78.2 Å². The molecule has 3 heteroatoms. The lowest BCUT2D eigenvalue weighted by atomic mass is 9.44. The third kappa shape index (κ3) is 2.08. The standard InChI is InChI=1S/C20H34N2O/c1-12-11-20(3)13(10-17(12)22-21)4-5-14-15-6-7-18(23)19(15,2)9-8-16(14)20/h12-16,18,23H,4-11,21H2,1-3H3/t12-,13-,14+,15+,16+,18+,19+,20+/m1/s1. The molecule has 4 aliphatic rings.